The molecule has 7 nitrogen and oxygen atoms in total. The molecule has 0 saturated carbocycles. The Kier molecular flexibility index (Phi) is 5.24. The zero-order chi connectivity index (χ0) is 15.6. The Hall–Kier alpha value is -0.700. The van der Waals surface area contributed by atoms with E-state index in [0.717, 1.165) is 19.5 Å². The average Bonchev–Trinajstić information content (AvgIpc) is 2.84. The van der Waals surface area contributed by atoms with Crippen LogP contribution < -0.4 is 0 Å². The SMILES string of the molecule is CN1CCC(CN(C)S(=O)(=O)N2CCCC(C(=O)O)C2)C1. The summed E-state index contributed by atoms with van der Waals surface area (Å²) >= 11 is 0. The fourth-order valence-corrected chi connectivity index (χ4v) is 4.71. The molecule has 0 aliphatic carbocycles. The molecule has 8 heteroatoms. The van der Waals surface area contributed by atoms with Crippen LogP contribution in [-0.2, 0) is 15.0 Å². The summed E-state index contributed by atoms with van der Waals surface area (Å²) < 4.78 is 27.9. The number of nitrogens with zero attached hydrogens (tertiary/aromatic N) is 3. The normalized spacial score (nSPS) is 29.1. The second-order valence-corrected chi connectivity index (χ2v) is 8.28. The van der Waals surface area contributed by atoms with Gasteiger partial charge in [0.1, 0.15) is 0 Å². The molecule has 2 saturated heterocycles. The van der Waals surface area contributed by atoms with E-state index in [1.807, 2.05) is 7.05 Å². The van der Waals surface area contributed by atoms with Crippen molar-refractivity contribution in [1.29, 1.82) is 0 Å². The van der Waals surface area contributed by atoms with Gasteiger partial charge in [0.05, 0.1) is 5.92 Å². The van der Waals surface area contributed by atoms with Crippen molar-refractivity contribution in [1.82, 2.24) is 13.5 Å². The fourth-order valence-electron chi connectivity index (χ4n) is 3.18. The second-order valence-electron chi connectivity index (χ2n) is 6.24. The van der Waals surface area contributed by atoms with Crippen molar-refractivity contribution in [3.63, 3.8) is 0 Å². The van der Waals surface area contributed by atoms with Crippen molar-refractivity contribution >= 4 is 16.2 Å². The van der Waals surface area contributed by atoms with Crippen LogP contribution in [0.4, 0.5) is 0 Å². The number of piperidine rings is 1. The molecule has 1 N–H and O–H groups in total. The molecular weight excluding hydrogens is 294 g/mol. The summed E-state index contributed by atoms with van der Waals surface area (Å²) in [6.45, 7) is 2.93. The van der Waals surface area contributed by atoms with Crippen LogP contribution in [0.15, 0.2) is 0 Å². The van der Waals surface area contributed by atoms with Crippen LogP contribution >= 0.6 is 0 Å². The van der Waals surface area contributed by atoms with Crippen LogP contribution in [0.5, 0.6) is 0 Å². The first-order valence-corrected chi connectivity index (χ1v) is 8.83. The molecule has 2 heterocycles. The number of rotatable bonds is 5. The van der Waals surface area contributed by atoms with Gasteiger partial charge in [0, 0.05) is 33.2 Å². The molecule has 0 aromatic carbocycles. The van der Waals surface area contributed by atoms with Gasteiger partial charge in [0.25, 0.3) is 10.2 Å². The molecule has 2 fully saturated rings. The van der Waals surface area contributed by atoms with E-state index in [1.165, 1.54) is 8.61 Å². The third kappa shape index (κ3) is 3.94. The zero-order valence-corrected chi connectivity index (χ0v) is 13.5. The molecule has 21 heavy (non-hydrogen) atoms. The highest BCUT2D eigenvalue weighted by Crippen LogP contribution is 2.22. The van der Waals surface area contributed by atoms with Gasteiger partial charge in [-0.15, -0.1) is 0 Å². The molecule has 2 unspecified atom stereocenters. The summed E-state index contributed by atoms with van der Waals surface area (Å²) in [4.78, 5) is 13.3. The lowest BCUT2D eigenvalue weighted by atomic mass is 10.0. The first kappa shape index (κ1) is 16.7. The van der Waals surface area contributed by atoms with Crippen LogP contribution in [0.2, 0.25) is 0 Å². The van der Waals surface area contributed by atoms with Gasteiger partial charge in [0.2, 0.25) is 0 Å². The van der Waals surface area contributed by atoms with Crippen molar-refractivity contribution < 1.29 is 18.3 Å². The Morgan fingerprint density at radius 1 is 1.29 bits per heavy atom. The first-order chi connectivity index (χ1) is 9.80. The Morgan fingerprint density at radius 3 is 2.57 bits per heavy atom. The molecule has 122 valence electrons. The third-order valence-corrected chi connectivity index (χ3v) is 6.38. The van der Waals surface area contributed by atoms with E-state index in [4.69, 9.17) is 5.11 Å². The maximum absolute atomic E-state index is 12.6. The average molecular weight is 319 g/mol. The van der Waals surface area contributed by atoms with Gasteiger partial charge < -0.3 is 10.0 Å². The van der Waals surface area contributed by atoms with E-state index in [9.17, 15) is 13.2 Å². The molecule has 2 aliphatic heterocycles. The second kappa shape index (κ2) is 6.60. The number of carbonyl (C=O) groups is 1. The van der Waals surface area contributed by atoms with Gasteiger partial charge in [-0.1, -0.05) is 0 Å². The van der Waals surface area contributed by atoms with E-state index in [2.05, 4.69) is 4.90 Å². The van der Waals surface area contributed by atoms with Gasteiger partial charge in [-0.2, -0.15) is 17.0 Å². The first-order valence-electron chi connectivity index (χ1n) is 7.43. The van der Waals surface area contributed by atoms with Crippen molar-refractivity contribution in [2.24, 2.45) is 11.8 Å². The minimum atomic E-state index is -3.55. The number of likely N-dealkylation sites (tertiary alicyclic amines) is 1. The minimum Gasteiger partial charge on any atom is -0.481 e. The van der Waals surface area contributed by atoms with Gasteiger partial charge in [0.15, 0.2) is 0 Å². The summed E-state index contributed by atoms with van der Waals surface area (Å²) in [5.74, 6) is -1.13. The summed E-state index contributed by atoms with van der Waals surface area (Å²) in [7, 11) is 0.0849. The lowest BCUT2D eigenvalue weighted by Gasteiger charge is -2.33. The largest absolute Gasteiger partial charge is 0.481 e. The van der Waals surface area contributed by atoms with E-state index in [0.29, 0.717) is 31.8 Å². The number of hydrogen-bond donors (Lipinski definition) is 1. The molecule has 0 spiro atoms. The van der Waals surface area contributed by atoms with E-state index in [-0.39, 0.29) is 6.54 Å². The van der Waals surface area contributed by atoms with Crippen molar-refractivity contribution in [2.75, 3.05) is 46.8 Å². The topological polar surface area (TPSA) is 81.2 Å². The highest BCUT2D eigenvalue weighted by molar-refractivity contribution is 7.86. The molecule has 2 rings (SSSR count). The monoisotopic (exact) mass is 319 g/mol. The minimum absolute atomic E-state index is 0.0899. The van der Waals surface area contributed by atoms with Crippen LogP contribution in [0, 0.1) is 11.8 Å². The molecule has 2 atom stereocenters. The van der Waals surface area contributed by atoms with E-state index in [1.54, 1.807) is 7.05 Å². The van der Waals surface area contributed by atoms with Gasteiger partial charge in [-0.3, -0.25) is 4.79 Å². The zero-order valence-electron chi connectivity index (χ0n) is 12.7. The smallest absolute Gasteiger partial charge is 0.307 e. The molecule has 0 aromatic rings. The predicted octanol–water partition coefficient (Wildman–Crippen LogP) is -0.0887. The highest BCUT2D eigenvalue weighted by Gasteiger charge is 2.35. The number of aliphatic carboxylic acids is 1. The maximum atomic E-state index is 12.6. The van der Waals surface area contributed by atoms with Crippen molar-refractivity contribution in [2.45, 2.75) is 19.3 Å². The number of carboxylic acids is 1. The predicted molar refractivity (Wildman–Crippen MR) is 79.1 cm³/mol. The summed E-state index contributed by atoms with van der Waals surface area (Å²) in [6, 6.07) is 0. The molecule has 0 amide bonds. The fraction of sp³-hybridized carbons (Fsp3) is 0.923. The van der Waals surface area contributed by atoms with Gasteiger partial charge >= 0.3 is 5.97 Å². The van der Waals surface area contributed by atoms with Gasteiger partial charge in [-0.05, 0) is 38.8 Å². The van der Waals surface area contributed by atoms with Crippen LogP contribution in [0.1, 0.15) is 19.3 Å². The van der Waals surface area contributed by atoms with Crippen LogP contribution in [0.25, 0.3) is 0 Å². The Labute approximate surface area is 126 Å². The summed E-state index contributed by atoms with van der Waals surface area (Å²) in [5.41, 5.74) is 0. The quantitative estimate of drug-likeness (QED) is 0.766. The molecule has 0 radical (unpaired) electrons. The molecule has 2 aliphatic rings. The highest BCUT2D eigenvalue weighted by atomic mass is 32.2. The molecule has 0 aromatic heterocycles. The Bertz CT molecular complexity index is 482. The van der Waals surface area contributed by atoms with Crippen LogP contribution in [0.3, 0.4) is 0 Å². The van der Waals surface area contributed by atoms with Gasteiger partial charge in [-0.25, -0.2) is 0 Å². The number of hydrogen-bond acceptors (Lipinski definition) is 4. The third-order valence-electron chi connectivity index (χ3n) is 4.46. The van der Waals surface area contributed by atoms with Crippen molar-refractivity contribution in [3.05, 3.63) is 0 Å². The lowest BCUT2D eigenvalue weighted by molar-refractivity contribution is -0.142. The Morgan fingerprint density at radius 2 is 2.00 bits per heavy atom. The maximum Gasteiger partial charge on any atom is 0.307 e. The standard InChI is InChI=1S/C13H25N3O4S/c1-14-7-5-11(8-14)9-15(2)21(19,20)16-6-3-4-12(10-16)13(17)18/h11-12H,3-10H2,1-2H3,(H,17,18). The van der Waals surface area contributed by atoms with E-state index >= 15 is 0 Å². The summed E-state index contributed by atoms with van der Waals surface area (Å²) in [5, 5.41) is 9.08. The molecular formula is C13H25N3O4S. The van der Waals surface area contributed by atoms with Crippen molar-refractivity contribution in [3.8, 4) is 0 Å². The lowest BCUT2D eigenvalue weighted by Crippen LogP contribution is -2.49. The summed E-state index contributed by atoms with van der Waals surface area (Å²) in [6.07, 6.45) is 2.17. The Balaban J connectivity index is 1.97. The van der Waals surface area contributed by atoms with Crippen LogP contribution in [-0.4, -0.2) is 79.8 Å². The number of carboxylic acid groups (broad SMARTS) is 1. The van der Waals surface area contributed by atoms with E-state index < -0.39 is 22.1 Å². The molecule has 0 bridgehead atoms.